The van der Waals surface area contributed by atoms with Crippen LogP contribution in [0.5, 0.6) is 0 Å². The Morgan fingerprint density at radius 2 is 2.04 bits per heavy atom. The number of carbonyl (C=O) groups excluding carboxylic acids is 1. The average molecular weight is 382 g/mol. The summed E-state index contributed by atoms with van der Waals surface area (Å²) in [6.45, 7) is 1.92. The number of esters is 1. The Balaban J connectivity index is 1.88. The third-order valence-electron chi connectivity index (χ3n) is 5.37. The molecule has 1 aliphatic carbocycles. The third-order valence-corrected chi connectivity index (χ3v) is 6.00. The second-order valence-electron chi connectivity index (χ2n) is 7.06. The van der Waals surface area contributed by atoms with Crippen molar-refractivity contribution in [2.24, 2.45) is 5.92 Å². The lowest BCUT2D eigenvalue weighted by Gasteiger charge is -2.37. The first-order valence-corrected chi connectivity index (χ1v) is 9.58. The van der Waals surface area contributed by atoms with Crippen molar-refractivity contribution in [1.29, 1.82) is 0 Å². The van der Waals surface area contributed by atoms with Gasteiger partial charge in [-0.1, -0.05) is 48.9 Å². The molecule has 1 aliphatic heterocycles. The summed E-state index contributed by atoms with van der Waals surface area (Å²) in [7, 11) is 0. The van der Waals surface area contributed by atoms with Gasteiger partial charge in [0.15, 0.2) is 0 Å². The highest BCUT2D eigenvalue weighted by Gasteiger charge is 2.46. The monoisotopic (exact) mass is 381 g/mol. The van der Waals surface area contributed by atoms with E-state index < -0.39 is 5.79 Å². The normalized spacial score (nSPS) is 23.8. The maximum Gasteiger partial charge on any atom is 0.305 e. The molecule has 4 nitrogen and oxygen atoms in total. The molecule has 25 heavy (non-hydrogen) atoms. The van der Waals surface area contributed by atoms with Gasteiger partial charge in [0, 0.05) is 18.7 Å². The highest BCUT2D eigenvalue weighted by atomic mass is 35.5. The van der Waals surface area contributed by atoms with Crippen LogP contribution in [0.1, 0.15) is 50.3 Å². The number of rotatable bonds is 3. The van der Waals surface area contributed by atoms with Crippen molar-refractivity contribution >= 4 is 40.1 Å². The van der Waals surface area contributed by atoms with Crippen molar-refractivity contribution < 1.29 is 14.3 Å². The predicted octanol–water partition coefficient (Wildman–Crippen LogP) is 5.34. The Morgan fingerprint density at radius 3 is 2.76 bits per heavy atom. The SMILES string of the molecule is CC(=O)OC1(CC2CCCC2)OCCc2c1[nH]c1c(Cl)ccc(Cl)c21. The molecule has 1 aromatic carbocycles. The summed E-state index contributed by atoms with van der Waals surface area (Å²) in [5, 5.41) is 2.16. The molecule has 1 N–H and O–H groups in total. The second kappa shape index (κ2) is 6.49. The maximum atomic E-state index is 11.9. The van der Waals surface area contributed by atoms with Gasteiger partial charge in [-0.05, 0) is 30.0 Å². The molecule has 0 radical (unpaired) electrons. The van der Waals surface area contributed by atoms with E-state index in [0.717, 1.165) is 35.0 Å². The zero-order chi connectivity index (χ0) is 17.6. The fourth-order valence-electron chi connectivity index (χ4n) is 4.37. The molecule has 1 saturated carbocycles. The van der Waals surface area contributed by atoms with Crippen molar-refractivity contribution in [3.63, 3.8) is 0 Å². The van der Waals surface area contributed by atoms with Gasteiger partial charge in [0.25, 0.3) is 5.79 Å². The summed E-state index contributed by atoms with van der Waals surface area (Å²) in [4.78, 5) is 15.3. The first kappa shape index (κ1) is 17.2. The van der Waals surface area contributed by atoms with E-state index in [4.69, 9.17) is 32.7 Å². The zero-order valence-corrected chi connectivity index (χ0v) is 15.7. The van der Waals surface area contributed by atoms with E-state index in [9.17, 15) is 4.79 Å². The first-order valence-electron chi connectivity index (χ1n) is 8.83. The lowest BCUT2D eigenvalue weighted by atomic mass is 9.90. The highest BCUT2D eigenvalue weighted by Crippen LogP contribution is 2.46. The van der Waals surface area contributed by atoms with E-state index in [1.807, 2.05) is 0 Å². The predicted molar refractivity (Wildman–Crippen MR) is 98.0 cm³/mol. The van der Waals surface area contributed by atoms with Crippen LogP contribution >= 0.6 is 23.2 Å². The van der Waals surface area contributed by atoms with Gasteiger partial charge < -0.3 is 14.5 Å². The molecule has 134 valence electrons. The summed E-state index contributed by atoms with van der Waals surface area (Å²) >= 11 is 12.8. The van der Waals surface area contributed by atoms with Gasteiger partial charge in [-0.3, -0.25) is 4.79 Å². The molecule has 1 fully saturated rings. The van der Waals surface area contributed by atoms with Crippen molar-refractivity contribution in [3.8, 4) is 0 Å². The molecule has 1 atom stereocenters. The minimum atomic E-state index is -1.07. The number of halogens is 2. The number of benzene rings is 1. The number of ether oxygens (including phenoxy) is 2. The van der Waals surface area contributed by atoms with Gasteiger partial charge in [0.2, 0.25) is 0 Å². The number of aromatic amines is 1. The quantitative estimate of drug-likeness (QED) is 0.729. The average Bonchev–Trinajstić information content (AvgIpc) is 3.19. The van der Waals surface area contributed by atoms with Crippen LogP contribution < -0.4 is 0 Å². The largest absolute Gasteiger partial charge is 0.427 e. The van der Waals surface area contributed by atoms with Crippen LogP contribution in [0.25, 0.3) is 10.9 Å². The second-order valence-corrected chi connectivity index (χ2v) is 7.87. The fourth-order valence-corrected chi connectivity index (χ4v) is 4.85. The zero-order valence-electron chi connectivity index (χ0n) is 14.2. The number of hydrogen-bond acceptors (Lipinski definition) is 3. The first-order chi connectivity index (χ1) is 12.0. The highest BCUT2D eigenvalue weighted by molar-refractivity contribution is 6.40. The van der Waals surface area contributed by atoms with Crippen LogP contribution in [-0.4, -0.2) is 17.6 Å². The topological polar surface area (TPSA) is 51.3 Å². The molecule has 2 aromatic rings. The molecule has 0 saturated heterocycles. The van der Waals surface area contributed by atoms with E-state index in [2.05, 4.69) is 4.98 Å². The number of hydrogen-bond donors (Lipinski definition) is 1. The molecule has 4 rings (SSSR count). The van der Waals surface area contributed by atoms with Crippen molar-refractivity contribution in [3.05, 3.63) is 33.4 Å². The molecule has 0 bridgehead atoms. The Hall–Kier alpha value is -1.23. The lowest BCUT2D eigenvalue weighted by Crippen LogP contribution is -2.41. The third kappa shape index (κ3) is 2.94. The summed E-state index contributed by atoms with van der Waals surface area (Å²) in [5.74, 6) is -0.926. The molecular weight excluding hydrogens is 361 g/mol. The van der Waals surface area contributed by atoms with Crippen molar-refractivity contribution in [2.75, 3.05) is 6.61 Å². The number of carbonyl (C=O) groups is 1. The van der Waals surface area contributed by atoms with E-state index in [1.165, 1.54) is 19.8 Å². The number of nitrogens with one attached hydrogen (secondary N) is 1. The van der Waals surface area contributed by atoms with Gasteiger partial charge >= 0.3 is 5.97 Å². The van der Waals surface area contributed by atoms with Crippen molar-refractivity contribution in [1.82, 2.24) is 4.98 Å². The van der Waals surface area contributed by atoms with E-state index >= 15 is 0 Å². The molecule has 2 aliphatic rings. The van der Waals surface area contributed by atoms with E-state index in [1.54, 1.807) is 12.1 Å². The lowest BCUT2D eigenvalue weighted by molar-refractivity contribution is -0.252. The molecule has 2 heterocycles. The van der Waals surface area contributed by atoms with Gasteiger partial charge in [-0.15, -0.1) is 0 Å². The number of H-pyrrole nitrogens is 1. The van der Waals surface area contributed by atoms with Crippen LogP contribution in [0.15, 0.2) is 12.1 Å². The Kier molecular flexibility index (Phi) is 4.47. The van der Waals surface area contributed by atoms with Crippen molar-refractivity contribution in [2.45, 2.75) is 51.2 Å². The van der Waals surface area contributed by atoms with E-state index in [0.29, 0.717) is 35.4 Å². The Morgan fingerprint density at radius 1 is 1.32 bits per heavy atom. The van der Waals surface area contributed by atoms with Crippen LogP contribution in [0.2, 0.25) is 10.0 Å². The summed E-state index contributed by atoms with van der Waals surface area (Å²) in [6.07, 6.45) is 6.10. The van der Waals surface area contributed by atoms with Crippen LogP contribution in [-0.2, 0) is 26.5 Å². The summed E-state index contributed by atoms with van der Waals surface area (Å²) in [6, 6.07) is 3.58. The molecular formula is C19H21Cl2NO3. The van der Waals surface area contributed by atoms with Gasteiger partial charge in [0.1, 0.15) is 0 Å². The van der Waals surface area contributed by atoms with Gasteiger partial charge in [-0.25, -0.2) is 0 Å². The van der Waals surface area contributed by atoms with Crippen LogP contribution in [0.3, 0.4) is 0 Å². The standard InChI is InChI=1S/C19H21Cl2NO3/c1-11(23)25-19(10-12-4-2-3-5-12)18-13(8-9-24-19)16-14(20)6-7-15(21)17(16)22-18/h6-7,12,22H,2-5,8-10H2,1H3. The summed E-state index contributed by atoms with van der Waals surface area (Å²) in [5.41, 5.74) is 2.63. The smallest absolute Gasteiger partial charge is 0.305 e. The molecule has 0 amide bonds. The summed E-state index contributed by atoms with van der Waals surface area (Å²) < 4.78 is 11.9. The number of fused-ring (bicyclic) bond motifs is 3. The van der Waals surface area contributed by atoms with Gasteiger partial charge in [-0.2, -0.15) is 0 Å². The minimum Gasteiger partial charge on any atom is -0.427 e. The van der Waals surface area contributed by atoms with E-state index in [-0.39, 0.29) is 5.97 Å². The van der Waals surface area contributed by atoms with Gasteiger partial charge in [0.05, 0.1) is 27.9 Å². The maximum absolute atomic E-state index is 11.9. The molecule has 0 spiro atoms. The molecule has 6 heteroatoms. The minimum absolute atomic E-state index is 0.346. The number of aromatic nitrogens is 1. The van der Waals surface area contributed by atoms with Crippen LogP contribution in [0, 0.1) is 5.92 Å². The Labute approximate surface area is 156 Å². The molecule has 1 unspecified atom stereocenters. The van der Waals surface area contributed by atoms with Crippen LogP contribution in [0.4, 0.5) is 0 Å². The fraction of sp³-hybridized carbons (Fsp3) is 0.526. The molecule has 1 aromatic heterocycles. The Bertz CT molecular complexity index is 826.